The summed E-state index contributed by atoms with van der Waals surface area (Å²) in [6, 6.07) is 4.05. The van der Waals surface area contributed by atoms with Crippen molar-refractivity contribution in [1.82, 2.24) is 0 Å². The molecule has 0 radical (unpaired) electrons. The van der Waals surface area contributed by atoms with Crippen LogP contribution in [0.3, 0.4) is 0 Å². The van der Waals surface area contributed by atoms with E-state index in [4.69, 9.17) is 5.73 Å². The van der Waals surface area contributed by atoms with Crippen molar-refractivity contribution in [3.8, 4) is 0 Å². The van der Waals surface area contributed by atoms with E-state index in [0.29, 0.717) is 6.42 Å². The molecule has 0 aromatic heterocycles. The predicted molar refractivity (Wildman–Crippen MR) is 71.2 cm³/mol. The number of amides is 1. The van der Waals surface area contributed by atoms with E-state index in [1.54, 1.807) is 0 Å². The first-order valence-electron chi connectivity index (χ1n) is 6.33. The second-order valence-electron chi connectivity index (χ2n) is 4.74. The van der Waals surface area contributed by atoms with Crippen LogP contribution >= 0.6 is 0 Å². The first kappa shape index (κ1) is 12.0. The van der Waals surface area contributed by atoms with Gasteiger partial charge in [-0.25, -0.2) is 0 Å². The molecular weight excluding hydrogens is 212 g/mol. The molecular formula is C14H20N2O. The van der Waals surface area contributed by atoms with Gasteiger partial charge in [-0.2, -0.15) is 0 Å². The molecule has 0 saturated carbocycles. The van der Waals surface area contributed by atoms with Crippen molar-refractivity contribution < 1.29 is 4.79 Å². The third kappa shape index (κ3) is 2.28. The van der Waals surface area contributed by atoms with Gasteiger partial charge in [-0.15, -0.1) is 0 Å². The average Bonchev–Trinajstić information content (AvgIpc) is 2.69. The van der Waals surface area contributed by atoms with Gasteiger partial charge in [0.1, 0.15) is 0 Å². The van der Waals surface area contributed by atoms with Crippen molar-refractivity contribution in [2.24, 2.45) is 0 Å². The molecule has 1 aromatic carbocycles. The lowest BCUT2D eigenvalue weighted by molar-refractivity contribution is -0.118. The van der Waals surface area contributed by atoms with Crippen molar-refractivity contribution in [3.63, 3.8) is 0 Å². The Bertz CT molecular complexity index is 440. The molecule has 0 atom stereocenters. The number of benzene rings is 1. The van der Waals surface area contributed by atoms with Crippen LogP contribution in [0.4, 0.5) is 11.4 Å². The standard InChI is InChI=1S/C14H20N2O/c1-3-4-5-14(17)16-7-6-11-8-10(2)12(15)9-13(11)16/h8-9H,3-7,15H2,1-2H3. The summed E-state index contributed by atoms with van der Waals surface area (Å²) in [5.41, 5.74) is 10.1. The van der Waals surface area contributed by atoms with Gasteiger partial charge in [0.2, 0.25) is 5.91 Å². The van der Waals surface area contributed by atoms with Crippen LogP contribution in [0.25, 0.3) is 0 Å². The van der Waals surface area contributed by atoms with Gasteiger partial charge >= 0.3 is 0 Å². The number of rotatable bonds is 3. The van der Waals surface area contributed by atoms with E-state index in [-0.39, 0.29) is 5.91 Å². The Morgan fingerprint density at radius 2 is 2.24 bits per heavy atom. The molecule has 1 heterocycles. The van der Waals surface area contributed by atoms with E-state index in [0.717, 1.165) is 42.7 Å². The number of carbonyl (C=O) groups excluding carboxylic acids is 1. The van der Waals surface area contributed by atoms with Crippen LogP contribution in [0.2, 0.25) is 0 Å². The summed E-state index contributed by atoms with van der Waals surface area (Å²) in [7, 11) is 0. The van der Waals surface area contributed by atoms with E-state index in [1.807, 2.05) is 17.9 Å². The van der Waals surface area contributed by atoms with Crippen molar-refractivity contribution >= 4 is 17.3 Å². The summed E-state index contributed by atoms with van der Waals surface area (Å²) in [5, 5.41) is 0. The van der Waals surface area contributed by atoms with Gasteiger partial charge in [0, 0.05) is 24.3 Å². The molecule has 0 unspecified atom stereocenters. The molecule has 0 bridgehead atoms. The van der Waals surface area contributed by atoms with Crippen LogP contribution in [-0.2, 0) is 11.2 Å². The number of aryl methyl sites for hydroxylation is 1. The Morgan fingerprint density at radius 1 is 1.47 bits per heavy atom. The van der Waals surface area contributed by atoms with Crippen molar-refractivity contribution in [3.05, 3.63) is 23.3 Å². The Morgan fingerprint density at radius 3 is 2.94 bits per heavy atom. The Balaban J connectivity index is 2.21. The number of fused-ring (bicyclic) bond motifs is 1. The van der Waals surface area contributed by atoms with Gasteiger partial charge in [-0.05, 0) is 37.0 Å². The van der Waals surface area contributed by atoms with Crippen LogP contribution in [0.1, 0.15) is 37.3 Å². The lowest BCUT2D eigenvalue weighted by Gasteiger charge is -2.18. The summed E-state index contributed by atoms with van der Waals surface area (Å²) >= 11 is 0. The van der Waals surface area contributed by atoms with Gasteiger partial charge in [0.25, 0.3) is 0 Å². The largest absolute Gasteiger partial charge is 0.398 e. The third-order valence-electron chi connectivity index (χ3n) is 3.41. The molecule has 1 aliphatic heterocycles. The van der Waals surface area contributed by atoms with Crippen molar-refractivity contribution in [1.29, 1.82) is 0 Å². The van der Waals surface area contributed by atoms with E-state index in [2.05, 4.69) is 13.0 Å². The van der Waals surface area contributed by atoms with Gasteiger partial charge < -0.3 is 10.6 Å². The molecule has 92 valence electrons. The van der Waals surface area contributed by atoms with Crippen LogP contribution in [0, 0.1) is 6.92 Å². The van der Waals surface area contributed by atoms with Crippen LogP contribution in [-0.4, -0.2) is 12.5 Å². The second-order valence-corrected chi connectivity index (χ2v) is 4.74. The minimum Gasteiger partial charge on any atom is -0.398 e. The van der Waals surface area contributed by atoms with E-state index in [9.17, 15) is 4.79 Å². The van der Waals surface area contributed by atoms with Crippen molar-refractivity contribution in [2.75, 3.05) is 17.2 Å². The number of nitrogens with zero attached hydrogens (tertiary/aromatic N) is 1. The Kier molecular flexibility index (Phi) is 3.36. The number of nitrogen functional groups attached to an aromatic ring is 1. The molecule has 3 heteroatoms. The molecule has 1 aliphatic rings. The molecule has 0 saturated heterocycles. The number of carbonyl (C=O) groups is 1. The Hall–Kier alpha value is -1.51. The maximum atomic E-state index is 12.0. The summed E-state index contributed by atoms with van der Waals surface area (Å²) in [5.74, 6) is 0.230. The monoisotopic (exact) mass is 232 g/mol. The van der Waals surface area contributed by atoms with Gasteiger partial charge in [-0.1, -0.05) is 19.4 Å². The lowest BCUT2D eigenvalue weighted by atomic mass is 10.1. The summed E-state index contributed by atoms with van der Waals surface area (Å²) in [6.07, 6.45) is 3.62. The minimum atomic E-state index is 0.230. The third-order valence-corrected chi connectivity index (χ3v) is 3.41. The molecule has 17 heavy (non-hydrogen) atoms. The highest BCUT2D eigenvalue weighted by atomic mass is 16.2. The molecule has 0 spiro atoms. The Labute approximate surface area is 103 Å². The molecule has 0 fully saturated rings. The highest BCUT2D eigenvalue weighted by molar-refractivity contribution is 5.96. The predicted octanol–water partition coefficient (Wildman–Crippen LogP) is 2.66. The maximum Gasteiger partial charge on any atom is 0.226 e. The molecule has 1 aromatic rings. The number of nitrogens with two attached hydrogens (primary N) is 1. The van der Waals surface area contributed by atoms with E-state index in [1.165, 1.54) is 5.56 Å². The zero-order valence-electron chi connectivity index (χ0n) is 10.6. The molecule has 1 amide bonds. The highest BCUT2D eigenvalue weighted by Gasteiger charge is 2.24. The normalized spacial score (nSPS) is 13.9. The minimum absolute atomic E-state index is 0.230. The van der Waals surface area contributed by atoms with Gasteiger partial charge in [0.05, 0.1) is 0 Å². The van der Waals surface area contributed by atoms with Crippen LogP contribution in [0.5, 0.6) is 0 Å². The summed E-state index contributed by atoms with van der Waals surface area (Å²) < 4.78 is 0. The second kappa shape index (κ2) is 4.78. The molecule has 0 aliphatic carbocycles. The fourth-order valence-corrected chi connectivity index (χ4v) is 2.30. The maximum absolute atomic E-state index is 12.0. The van der Waals surface area contributed by atoms with Gasteiger partial charge in [-0.3, -0.25) is 4.79 Å². The quantitative estimate of drug-likeness (QED) is 0.814. The number of unbranched alkanes of at least 4 members (excludes halogenated alkanes) is 1. The van der Waals surface area contributed by atoms with E-state index >= 15 is 0 Å². The summed E-state index contributed by atoms with van der Waals surface area (Å²) in [4.78, 5) is 13.9. The number of anilines is 2. The zero-order chi connectivity index (χ0) is 12.4. The van der Waals surface area contributed by atoms with Gasteiger partial charge in [0.15, 0.2) is 0 Å². The van der Waals surface area contributed by atoms with Crippen LogP contribution < -0.4 is 10.6 Å². The number of hydrogen-bond donors (Lipinski definition) is 1. The topological polar surface area (TPSA) is 46.3 Å². The van der Waals surface area contributed by atoms with Crippen molar-refractivity contribution in [2.45, 2.75) is 39.5 Å². The van der Waals surface area contributed by atoms with Crippen LogP contribution in [0.15, 0.2) is 12.1 Å². The summed E-state index contributed by atoms with van der Waals surface area (Å²) in [6.45, 7) is 4.92. The fraction of sp³-hybridized carbons (Fsp3) is 0.500. The first-order chi connectivity index (χ1) is 8.13. The fourth-order valence-electron chi connectivity index (χ4n) is 2.30. The lowest BCUT2D eigenvalue weighted by Crippen LogP contribution is -2.28. The molecule has 2 N–H and O–H groups in total. The average molecular weight is 232 g/mol. The first-order valence-corrected chi connectivity index (χ1v) is 6.33. The van der Waals surface area contributed by atoms with E-state index < -0.39 is 0 Å². The SMILES string of the molecule is CCCCC(=O)N1CCc2cc(C)c(N)cc21. The molecule has 2 rings (SSSR count). The zero-order valence-corrected chi connectivity index (χ0v) is 10.6. The molecule has 3 nitrogen and oxygen atoms in total. The smallest absolute Gasteiger partial charge is 0.226 e. The number of hydrogen-bond acceptors (Lipinski definition) is 2. The highest BCUT2D eigenvalue weighted by Crippen LogP contribution is 2.32.